The Hall–Kier alpha value is -1.22. The first-order valence-corrected chi connectivity index (χ1v) is 7.59. The molecule has 108 valence electrons. The molecule has 2 aliphatic rings. The normalized spacial score (nSPS) is 24.9. The number of aliphatic hydroxyl groups excluding tert-OH is 1. The van der Waals surface area contributed by atoms with E-state index in [4.69, 9.17) is 4.98 Å². The van der Waals surface area contributed by atoms with Crippen LogP contribution in [-0.2, 0) is 6.42 Å². The van der Waals surface area contributed by atoms with E-state index < -0.39 is 6.10 Å². The summed E-state index contributed by atoms with van der Waals surface area (Å²) in [7, 11) is 0. The van der Waals surface area contributed by atoms with Crippen LogP contribution in [0, 0.1) is 12.3 Å². The summed E-state index contributed by atoms with van der Waals surface area (Å²) in [4.78, 5) is 16.3. The number of rotatable bonds is 2. The molecule has 3 nitrogen and oxygen atoms in total. The zero-order valence-electron chi connectivity index (χ0n) is 12.6. The maximum Gasteiger partial charge on any atom is 0.152 e. The average molecular weight is 273 g/mol. The molecule has 3 heteroatoms. The van der Waals surface area contributed by atoms with Gasteiger partial charge in [0.05, 0.1) is 11.8 Å². The summed E-state index contributed by atoms with van der Waals surface area (Å²) >= 11 is 0. The summed E-state index contributed by atoms with van der Waals surface area (Å²) in [5, 5.41) is 10.4. The number of aliphatic hydroxyl groups is 1. The van der Waals surface area contributed by atoms with Crippen molar-refractivity contribution in [2.24, 2.45) is 5.41 Å². The van der Waals surface area contributed by atoms with Crippen molar-refractivity contribution in [1.82, 2.24) is 4.98 Å². The molecular weight excluding hydrogens is 250 g/mol. The van der Waals surface area contributed by atoms with E-state index in [1.54, 1.807) is 0 Å². The van der Waals surface area contributed by atoms with E-state index in [0.29, 0.717) is 5.92 Å². The first-order valence-electron chi connectivity index (χ1n) is 7.59. The summed E-state index contributed by atoms with van der Waals surface area (Å²) in [6.45, 7) is 6.31. The van der Waals surface area contributed by atoms with E-state index >= 15 is 0 Å². The number of nitrogens with zero attached hydrogens (tertiary/aromatic N) is 1. The number of carbonyl (C=O) groups excluding carboxylic acids is 1. The Labute approximate surface area is 120 Å². The van der Waals surface area contributed by atoms with E-state index in [-0.39, 0.29) is 5.41 Å². The Balaban J connectivity index is 2.16. The van der Waals surface area contributed by atoms with E-state index in [0.717, 1.165) is 60.0 Å². The topological polar surface area (TPSA) is 50.2 Å². The molecule has 0 unspecified atom stereocenters. The molecule has 1 heterocycles. The Morgan fingerprint density at radius 2 is 2.05 bits per heavy atom. The van der Waals surface area contributed by atoms with Crippen molar-refractivity contribution in [3.8, 4) is 0 Å². The van der Waals surface area contributed by atoms with E-state index in [1.807, 2.05) is 6.92 Å². The van der Waals surface area contributed by atoms with Crippen LogP contribution in [0.3, 0.4) is 0 Å². The fourth-order valence-corrected chi connectivity index (χ4v) is 3.69. The van der Waals surface area contributed by atoms with Gasteiger partial charge in [-0.05, 0) is 43.6 Å². The quantitative estimate of drug-likeness (QED) is 0.839. The molecular formula is C17H23NO2. The molecule has 2 aliphatic carbocycles. The minimum absolute atomic E-state index is 0.0748. The van der Waals surface area contributed by atoms with Gasteiger partial charge in [0.25, 0.3) is 0 Å². The summed E-state index contributed by atoms with van der Waals surface area (Å²) in [6.07, 6.45) is 5.58. The number of carbonyl (C=O) groups is 1. The molecule has 0 saturated heterocycles. The van der Waals surface area contributed by atoms with Gasteiger partial charge >= 0.3 is 0 Å². The van der Waals surface area contributed by atoms with Crippen LogP contribution in [0.4, 0.5) is 0 Å². The third-order valence-electron chi connectivity index (χ3n) is 4.99. The minimum Gasteiger partial charge on any atom is -0.388 e. The smallest absolute Gasteiger partial charge is 0.152 e. The molecule has 0 amide bonds. The lowest BCUT2D eigenvalue weighted by Crippen LogP contribution is -2.29. The van der Waals surface area contributed by atoms with Crippen LogP contribution in [0.2, 0.25) is 0 Å². The lowest BCUT2D eigenvalue weighted by Gasteiger charge is -2.37. The van der Waals surface area contributed by atoms with Gasteiger partial charge < -0.3 is 5.11 Å². The monoisotopic (exact) mass is 273 g/mol. The minimum atomic E-state index is -0.490. The fourth-order valence-electron chi connectivity index (χ4n) is 3.69. The Morgan fingerprint density at radius 1 is 1.35 bits per heavy atom. The number of pyridine rings is 1. The second-order valence-electron chi connectivity index (χ2n) is 7.20. The van der Waals surface area contributed by atoms with Gasteiger partial charge in [-0.15, -0.1) is 0 Å². The first-order chi connectivity index (χ1) is 9.43. The highest BCUT2D eigenvalue weighted by atomic mass is 16.3. The van der Waals surface area contributed by atoms with Gasteiger partial charge in [-0.1, -0.05) is 20.3 Å². The van der Waals surface area contributed by atoms with Gasteiger partial charge in [0.1, 0.15) is 0 Å². The molecule has 0 spiro atoms. The van der Waals surface area contributed by atoms with Gasteiger partial charge in [0.2, 0.25) is 0 Å². The van der Waals surface area contributed by atoms with E-state index in [9.17, 15) is 9.90 Å². The maximum atomic E-state index is 11.5. The van der Waals surface area contributed by atoms with Crippen molar-refractivity contribution >= 4 is 6.29 Å². The third-order valence-corrected chi connectivity index (χ3v) is 4.99. The van der Waals surface area contributed by atoms with Gasteiger partial charge in [-0.2, -0.15) is 0 Å². The van der Waals surface area contributed by atoms with Gasteiger partial charge in [-0.3, -0.25) is 9.78 Å². The third kappa shape index (κ3) is 2.08. The van der Waals surface area contributed by atoms with Crippen LogP contribution in [0.25, 0.3) is 0 Å². The van der Waals surface area contributed by atoms with Crippen LogP contribution in [0.5, 0.6) is 0 Å². The average Bonchev–Trinajstić information content (AvgIpc) is 2.23. The highest BCUT2D eigenvalue weighted by molar-refractivity contribution is 5.80. The molecule has 1 fully saturated rings. The summed E-state index contributed by atoms with van der Waals surface area (Å²) in [5.74, 6) is 0.446. The number of hydrogen-bond acceptors (Lipinski definition) is 3. The lowest BCUT2D eigenvalue weighted by atomic mass is 9.72. The van der Waals surface area contributed by atoms with Crippen LogP contribution < -0.4 is 0 Å². The van der Waals surface area contributed by atoms with Gasteiger partial charge in [0.15, 0.2) is 6.29 Å². The number of aldehydes is 1. The molecule has 1 saturated carbocycles. The molecule has 0 radical (unpaired) electrons. The van der Waals surface area contributed by atoms with Gasteiger partial charge in [-0.25, -0.2) is 0 Å². The standard InChI is InChI=1S/C17H23NO2/c1-10-12(9-19)16(11-5-4-6-11)18-13-7-17(2,3)8-14(20)15(10)13/h9,11,14,20H,4-8H2,1-3H3/t14-/m0/s1. The summed E-state index contributed by atoms with van der Waals surface area (Å²) < 4.78 is 0. The Bertz CT molecular complexity index is 559. The molecule has 1 aromatic heterocycles. The van der Waals surface area contributed by atoms with E-state index in [2.05, 4.69) is 13.8 Å². The van der Waals surface area contributed by atoms with Gasteiger partial charge in [0, 0.05) is 22.7 Å². The predicted octanol–water partition coefficient (Wildman–Crippen LogP) is 3.48. The van der Waals surface area contributed by atoms with Crippen LogP contribution >= 0.6 is 0 Å². The molecule has 0 aliphatic heterocycles. The van der Waals surface area contributed by atoms with Crippen molar-refractivity contribution in [2.45, 2.75) is 64.9 Å². The second kappa shape index (κ2) is 4.66. The molecule has 0 bridgehead atoms. The molecule has 1 aromatic rings. The first kappa shape index (κ1) is 13.7. The number of aromatic nitrogens is 1. The maximum absolute atomic E-state index is 11.5. The second-order valence-corrected chi connectivity index (χ2v) is 7.20. The van der Waals surface area contributed by atoms with Crippen LogP contribution in [-0.4, -0.2) is 16.4 Å². The Kier molecular flexibility index (Phi) is 3.20. The summed E-state index contributed by atoms with van der Waals surface area (Å²) in [6, 6.07) is 0. The zero-order chi connectivity index (χ0) is 14.5. The SMILES string of the molecule is Cc1c(C=O)c(C2CCC2)nc2c1[C@@H](O)CC(C)(C)C2. The predicted molar refractivity (Wildman–Crippen MR) is 78.0 cm³/mol. The summed E-state index contributed by atoms with van der Waals surface area (Å²) in [5.41, 5.74) is 4.66. The largest absolute Gasteiger partial charge is 0.388 e. The van der Waals surface area contributed by atoms with Crippen molar-refractivity contribution < 1.29 is 9.90 Å². The molecule has 1 atom stereocenters. The molecule has 3 rings (SSSR count). The highest BCUT2D eigenvalue weighted by Crippen LogP contribution is 2.44. The van der Waals surface area contributed by atoms with Crippen LogP contribution in [0.1, 0.15) is 84.4 Å². The van der Waals surface area contributed by atoms with E-state index in [1.165, 1.54) is 6.42 Å². The van der Waals surface area contributed by atoms with Crippen molar-refractivity contribution in [3.63, 3.8) is 0 Å². The molecule has 0 aromatic carbocycles. The Morgan fingerprint density at radius 3 is 2.60 bits per heavy atom. The molecule has 1 N–H and O–H groups in total. The van der Waals surface area contributed by atoms with Crippen molar-refractivity contribution in [2.75, 3.05) is 0 Å². The lowest BCUT2D eigenvalue weighted by molar-refractivity contribution is 0.0970. The fraction of sp³-hybridized carbons (Fsp3) is 0.647. The van der Waals surface area contributed by atoms with Crippen molar-refractivity contribution in [3.05, 3.63) is 28.1 Å². The highest BCUT2D eigenvalue weighted by Gasteiger charge is 2.36. The molecule has 20 heavy (non-hydrogen) atoms. The van der Waals surface area contributed by atoms with Crippen molar-refractivity contribution in [1.29, 1.82) is 0 Å². The zero-order valence-corrected chi connectivity index (χ0v) is 12.6. The number of hydrogen-bond donors (Lipinski definition) is 1. The number of fused-ring (bicyclic) bond motifs is 1. The van der Waals surface area contributed by atoms with Crippen LogP contribution in [0.15, 0.2) is 0 Å².